The van der Waals surface area contributed by atoms with Crippen molar-refractivity contribution >= 4 is 35.0 Å². The van der Waals surface area contributed by atoms with Gasteiger partial charge >= 0.3 is 0 Å². The fraction of sp³-hybridized carbons (Fsp3) is 0.385. The second-order valence-electron chi connectivity index (χ2n) is 4.51. The van der Waals surface area contributed by atoms with Crippen LogP contribution in [0.4, 0.5) is 0 Å². The maximum absolute atomic E-state index is 11.8. The van der Waals surface area contributed by atoms with Crippen LogP contribution in [-0.4, -0.2) is 35.7 Å². The van der Waals surface area contributed by atoms with Crippen molar-refractivity contribution in [1.82, 2.24) is 10.2 Å². The maximum Gasteiger partial charge on any atom is 0.235 e. The Hall–Kier alpha value is -1.26. The summed E-state index contributed by atoms with van der Waals surface area (Å²) in [7, 11) is 1.73. The molecule has 0 bridgehead atoms. The number of amides is 2. The summed E-state index contributed by atoms with van der Waals surface area (Å²) in [5, 5.41) is 3.42. The van der Waals surface area contributed by atoms with Crippen LogP contribution in [-0.2, 0) is 9.59 Å². The van der Waals surface area contributed by atoms with Crippen molar-refractivity contribution in [2.24, 2.45) is 0 Å². The molecular formula is C13H14Cl2N2O2. The molecule has 0 saturated carbocycles. The van der Waals surface area contributed by atoms with E-state index < -0.39 is 0 Å². The van der Waals surface area contributed by atoms with E-state index in [1.807, 2.05) is 12.1 Å². The van der Waals surface area contributed by atoms with Gasteiger partial charge in [0.1, 0.15) is 5.88 Å². The SMILES string of the molecule is CN1C(=O)C[C@H](NC(=O)CCl)[C@H]1c1ccc(Cl)cc1. The van der Waals surface area contributed by atoms with Gasteiger partial charge in [0.05, 0.1) is 12.1 Å². The quantitative estimate of drug-likeness (QED) is 0.868. The number of nitrogens with zero attached hydrogens (tertiary/aromatic N) is 1. The highest BCUT2D eigenvalue weighted by Crippen LogP contribution is 2.32. The van der Waals surface area contributed by atoms with Gasteiger partial charge < -0.3 is 10.2 Å². The van der Waals surface area contributed by atoms with Crippen LogP contribution in [0.5, 0.6) is 0 Å². The van der Waals surface area contributed by atoms with Crippen molar-refractivity contribution in [1.29, 1.82) is 0 Å². The molecule has 1 aliphatic heterocycles. The van der Waals surface area contributed by atoms with Gasteiger partial charge in [-0.3, -0.25) is 9.59 Å². The predicted molar refractivity (Wildman–Crippen MR) is 74.2 cm³/mol. The summed E-state index contributed by atoms with van der Waals surface area (Å²) in [6.45, 7) is 0. The van der Waals surface area contributed by atoms with Crippen LogP contribution in [0.25, 0.3) is 0 Å². The van der Waals surface area contributed by atoms with Gasteiger partial charge in [0.25, 0.3) is 0 Å². The number of alkyl halides is 1. The van der Waals surface area contributed by atoms with Crippen LogP contribution < -0.4 is 5.32 Å². The molecule has 102 valence electrons. The molecule has 0 radical (unpaired) electrons. The zero-order chi connectivity index (χ0) is 14.0. The van der Waals surface area contributed by atoms with E-state index >= 15 is 0 Å². The molecule has 2 atom stereocenters. The average molecular weight is 301 g/mol. The van der Waals surface area contributed by atoms with Crippen LogP contribution in [0.1, 0.15) is 18.0 Å². The van der Waals surface area contributed by atoms with E-state index in [0.29, 0.717) is 5.02 Å². The first-order chi connectivity index (χ1) is 9.02. The zero-order valence-electron chi connectivity index (χ0n) is 10.4. The fourth-order valence-electron chi connectivity index (χ4n) is 2.36. The van der Waals surface area contributed by atoms with Crippen LogP contribution in [0.15, 0.2) is 24.3 Å². The second kappa shape index (κ2) is 5.80. The number of likely N-dealkylation sites (tertiary alicyclic amines) is 1. The van der Waals surface area contributed by atoms with Gasteiger partial charge in [-0.2, -0.15) is 0 Å². The van der Waals surface area contributed by atoms with Gasteiger partial charge in [0.15, 0.2) is 0 Å². The third-order valence-corrected chi connectivity index (χ3v) is 3.76. The minimum absolute atomic E-state index is 0.000164. The van der Waals surface area contributed by atoms with Gasteiger partial charge in [-0.1, -0.05) is 23.7 Å². The molecule has 0 spiro atoms. The number of hydrogen-bond donors (Lipinski definition) is 1. The number of hydrogen-bond acceptors (Lipinski definition) is 2. The lowest BCUT2D eigenvalue weighted by Crippen LogP contribution is -2.39. The van der Waals surface area contributed by atoms with Crippen molar-refractivity contribution in [2.75, 3.05) is 12.9 Å². The molecule has 1 heterocycles. The molecular weight excluding hydrogens is 287 g/mol. The van der Waals surface area contributed by atoms with Crippen molar-refractivity contribution in [2.45, 2.75) is 18.5 Å². The first-order valence-corrected chi connectivity index (χ1v) is 6.80. The highest BCUT2D eigenvalue weighted by Gasteiger charge is 2.39. The lowest BCUT2D eigenvalue weighted by molar-refractivity contribution is -0.127. The van der Waals surface area contributed by atoms with Crippen LogP contribution in [0.3, 0.4) is 0 Å². The highest BCUT2D eigenvalue weighted by atomic mass is 35.5. The Labute approximate surface area is 121 Å². The van der Waals surface area contributed by atoms with Crippen LogP contribution >= 0.6 is 23.2 Å². The van der Waals surface area contributed by atoms with E-state index in [-0.39, 0.29) is 36.2 Å². The van der Waals surface area contributed by atoms with Crippen molar-refractivity contribution in [3.05, 3.63) is 34.9 Å². The normalized spacial score (nSPS) is 22.7. The minimum atomic E-state index is -0.270. The number of rotatable bonds is 3. The third kappa shape index (κ3) is 3.01. The number of carbonyl (C=O) groups excluding carboxylic acids is 2. The van der Waals surface area contributed by atoms with Gasteiger partial charge in [-0.15, -0.1) is 11.6 Å². The fourth-order valence-corrected chi connectivity index (χ4v) is 2.56. The molecule has 1 saturated heterocycles. The summed E-state index contributed by atoms with van der Waals surface area (Å²) < 4.78 is 0. The number of benzene rings is 1. The molecule has 4 nitrogen and oxygen atoms in total. The van der Waals surface area contributed by atoms with Crippen LogP contribution in [0, 0.1) is 0 Å². The molecule has 1 aliphatic rings. The van der Waals surface area contributed by atoms with Crippen molar-refractivity contribution in [3.8, 4) is 0 Å². The summed E-state index contributed by atoms with van der Waals surface area (Å²) in [5.41, 5.74) is 0.942. The lowest BCUT2D eigenvalue weighted by Gasteiger charge is -2.25. The molecule has 19 heavy (non-hydrogen) atoms. The Morgan fingerprint density at radius 1 is 1.42 bits per heavy atom. The Bertz CT molecular complexity index is 490. The largest absolute Gasteiger partial charge is 0.349 e. The third-order valence-electron chi connectivity index (χ3n) is 3.27. The smallest absolute Gasteiger partial charge is 0.235 e. The number of carbonyl (C=O) groups is 2. The van der Waals surface area contributed by atoms with Crippen molar-refractivity contribution in [3.63, 3.8) is 0 Å². The van der Waals surface area contributed by atoms with E-state index in [4.69, 9.17) is 23.2 Å². The monoisotopic (exact) mass is 300 g/mol. The predicted octanol–water partition coefficient (Wildman–Crippen LogP) is 1.97. The number of halogens is 2. The summed E-state index contributed by atoms with van der Waals surface area (Å²) in [5.74, 6) is -0.379. The van der Waals surface area contributed by atoms with E-state index in [9.17, 15) is 9.59 Å². The highest BCUT2D eigenvalue weighted by molar-refractivity contribution is 6.30. The first kappa shape index (κ1) is 14.2. The number of likely N-dealkylation sites (N-methyl/N-ethyl adjacent to an activating group) is 1. The number of nitrogens with one attached hydrogen (secondary N) is 1. The maximum atomic E-state index is 11.8. The lowest BCUT2D eigenvalue weighted by atomic mass is 10.0. The van der Waals surface area contributed by atoms with E-state index in [2.05, 4.69) is 5.32 Å². The summed E-state index contributed by atoms with van der Waals surface area (Å²) in [6.07, 6.45) is 0.284. The Kier molecular flexibility index (Phi) is 4.32. The Morgan fingerprint density at radius 2 is 2.05 bits per heavy atom. The average Bonchev–Trinajstić information content (AvgIpc) is 2.66. The molecule has 1 N–H and O–H groups in total. The topological polar surface area (TPSA) is 49.4 Å². The van der Waals surface area contributed by atoms with Crippen molar-refractivity contribution < 1.29 is 9.59 Å². The molecule has 6 heteroatoms. The van der Waals surface area contributed by atoms with Gasteiger partial charge in [-0.05, 0) is 17.7 Å². The van der Waals surface area contributed by atoms with E-state index in [0.717, 1.165) is 5.56 Å². The van der Waals surface area contributed by atoms with Gasteiger partial charge in [0, 0.05) is 18.5 Å². The second-order valence-corrected chi connectivity index (χ2v) is 5.22. The summed E-state index contributed by atoms with van der Waals surface area (Å²) >= 11 is 11.3. The molecule has 0 aliphatic carbocycles. The Balaban J connectivity index is 2.25. The zero-order valence-corrected chi connectivity index (χ0v) is 11.9. The van der Waals surface area contributed by atoms with Crippen LogP contribution in [0.2, 0.25) is 5.02 Å². The molecule has 2 rings (SSSR count). The molecule has 1 aromatic rings. The summed E-state index contributed by atoms with van der Waals surface area (Å²) in [6, 6.07) is 6.83. The minimum Gasteiger partial charge on any atom is -0.349 e. The Morgan fingerprint density at radius 3 is 2.63 bits per heavy atom. The molecule has 0 aromatic heterocycles. The standard InChI is InChI=1S/C13H14Cl2N2O2/c1-17-12(19)6-10(16-11(18)7-14)13(17)8-2-4-9(15)5-3-8/h2-5,10,13H,6-7H2,1H3,(H,16,18)/t10-,13+/m0/s1. The van der Waals surface area contributed by atoms with E-state index in [1.165, 1.54) is 0 Å². The first-order valence-electron chi connectivity index (χ1n) is 5.89. The molecule has 1 fully saturated rings. The molecule has 1 aromatic carbocycles. The summed E-state index contributed by atoms with van der Waals surface area (Å²) in [4.78, 5) is 24.9. The molecule has 0 unspecified atom stereocenters. The van der Waals surface area contributed by atoms with Gasteiger partial charge in [-0.25, -0.2) is 0 Å². The molecule has 2 amide bonds. The van der Waals surface area contributed by atoms with Gasteiger partial charge in [0.2, 0.25) is 11.8 Å². The van der Waals surface area contributed by atoms with E-state index in [1.54, 1.807) is 24.1 Å².